The van der Waals surface area contributed by atoms with E-state index in [2.05, 4.69) is 17.1 Å². The molecule has 0 atom stereocenters. The highest BCUT2D eigenvalue weighted by molar-refractivity contribution is 5.97. The van der Waals surface area contributed by atoms with Gasteiger partial charge in [-0.2, -0.15) is 0 Å². The molecule has 4 nitrogen and oxygen atoms in total. The first-order chi connectivity index (χ1) is 13.7. The number of nitrogens with zero attached hydrogens (tertiary/aromatic N) is 1. The average molecular weight is 384 g/mol. The van der Waals surface area contributed by atoms with Crippen molar-refractivity contribution in [3.8, 4) is 5.75 Å². The molecular weight excluding hydrogens is 355 g/mol. The van der Waals surface area contributed by atoms with E-state index in [1.54, 1.807) is 24.3 Å². The van der Waals surface area contributed by atoms with Crippen LogP contribution in [0.4, 0.5) is 4.39 Å². The molecule has 0 saturated carbocycles. The monoisotopic (exact) mass is 384 g/mol. The number of benzene rings is 2. The number of para-hydroxylation sites is 1. The van der Waals surface area contributed by atoms with E-state index in [4.69, 9.17) is 4.74 Å². The van der Waals surface area contributed by atoms with Crippen LogP contribution in [0.2, 0.25) is 0 Å². The Kier molecular flexibility index (Phi) is 7.43. The summed E-state index contributed by atoms with van der Waals surface area (Å²) in [7, 11) is 0. The number of amides is 1. The molecule has 1 N–H and O–H groups in total. The molecule has 1 amide bonds. The molecule has 1 aliphatic heterocycles. The average Bonchev–Trinajstić information content (AvgIpc) is 2.73. The van der Waals surface area contributed by atoms with E-state index in [9.17, 15) is 9.18 Å². The Bertz CT molecular complexity index is 755. The van der Waals surface area contributed by atoms with Gasteiger partial charge in [-0.05, 0) is 55.6 Å². The molecule has 2 aromatic rings. The largest absolute Gasteiger partial charge is 0.488 e. The second kappa shape index (κ2) is 10.2. The van der Waals surface area contributed by atoms with Crippen LogP contribution in [0.1, 0.15) is 48.5 Å². The van der Waals surface area contributed by atoms with E-state index in [1.807, 2.05) is 12.1 Å². The van der Waals surface area contributed by atoms with Crippen LogP contribution in [0, 0.1) is 5.82 Å². The number of likely N-dealkylation sites (tertiary alicyclic amines) is 1. The summed E-state index contributed by atoms with van der Waals surface area (Å²) in [5.74, 6) is 0.177. The number of nitrogens with one attached hydrogen (secondary N) is 1. The zero-order valence-corrected chi connectivity index (χ0v) is 16.5. The molecule has 28 heavy (non-hydrogen) atoms. The maximum Gasteiger partial charge on any atom is 0.255 e. The third kappa shape index (κ3) is 5.80. The van der Waals surface area contributed by atoms with Gasteiger partial charge < -0.3 is 15.0 Å². The third-order valence-electron chi connectivity index (χ3n) is 5.19. The zero-order chi connectivity index (χ0) is 19.8. The first kappa shape index (κ1) is 20.3. The van der Waals surface area contributed by atoms with Crippen LogP contribution in [0.15, 0.2) is 48.5 Å². The van der Waals surface area contributed by atoms with Gasteiger partial charge in [-0.3, -0.25) is 4.79 Å². The van der Waals surface area contributed by atoms with Crippen molar-refractivity contribution in [1.82, 2.24) is 10.2 Å². The number of piperidine rings is 1. The van der Waals surface area contributed by atoms with E-state index >= 15 is 0 Å². The van der Waals surface area contributed by atoms with Crippen molar-refractivity contribution in [1.29, 1.82) is 0 Å². The minimum absolute atomic E-state index is 0.0956. The van der Waals surface area contributed by atoms with Gasteiger partial charge in [-0.1, -0.05) is 37.6 Å². The summed E-state index contributed by atoms with van der Waals surface area (Å²) < 4.78 is 18.9. The molecular formula is C23H29FN2O2. The first-order valence-corrected chi connectivity index (χ1v) is 10.1. The molecule has 0 spiro atoms. The summed E-state index contributed by atoms with van der Waals surface area (Å²) in [5, 5.41) is 3.16. The molecule has 1 aliphatic rings. The molecule has 1 saturated heterocycles. The highest BCUT2D eigenvalue weighted by Gasteiger charge is 2.22. The maximum atomic E-state index is 13.0. The molecule has 3 rings (SSSR count). The van der Waals surface area contributed by atoms with Crippen molar-refractivity contribution < 1.29 is 13.9 Å². The molecule has 0 aliphatic carbocycles. The second-order valence-electron chi connectivity index (χ2n) is 7.35. The quantitative estimate of drug-likeness (QED) is 0.733. The topological polar surface area (TPSA) is 41.6 Å². The summed E-state index contributed by atoms with van der Waals surface area (Å²) in [6, 6.07) is 13.7. The molecule has 0 aromatic heterocycles. The number of carbonyl (C=O) groups is 1. The predicted molar refractivity (Wildman–Crippen MR) is 109 cm³/mol. The Labute approximate surface area is 166 Å². The van der Waals surface area contributed by atoms with Gasteiger partial charge in [0.15, 0.2) is 0 Å². The van der Waals surface area contributed by atoms with Crippen LogP contribution >= 0.6 is 0 Å². The van der Waals surface area contributed by atoms with Gasteiger partial charge in [0.25, 0.3) is 5.91 Å². The lowest BCUT2D eigenvalue weighted by atomic mass is 10.0. The molecule has 1 heterocycles. The van der Waals surface area contributed by atoms with Crippen LogP contribution in [-0.4, -0.2) is 36.5 Å². The summed E-state index contributed by atoms with van der Waals surface area (Å²) >= 11 is 0. The highest BCUT2D eigenvalue weighted by Crippen LogP contribution is 2.21. The Morgan fingerprint density at radius 1 is 1.14 bits per heavy atom. The highest BCUT2D eigenvalue weighted by atomic mass is 19.1. The van der Waals surface area contributed by atoms with Gasteiger partial charge >= 0.3 is 0 Å². The number of rotatable bonds is 8. The maximum absolute atomic E-state index is 13.0. The fraction of sp³-hybridized carbons (Fsp3) is 0.435. The predicted octanol–water partition coefficient (Wildman–Crippen LogP) is 4.40. The van der Waals surface area contributed by atoms with Gasteiger partial charge in [0.1, 0.15) is 18.2 Å². The molecule has 0 radical (unpaired) electrons. The molecule has 0 bridgehead atoms. The summed E-state index contributed by atoms with van der Waals surface area (Å²) in [6.07, 6.45) is 4.41. The normalized spacial score (nSPS) is 15.4. The molecule has 5 heteroatoms. The van der Waals surface area contributed by atoms with Crippen molar-refractivity contribution >= 4 is 5.91 Å². The van der Waals surface area contributed by atoms with Crippen LogP contribution in [0.5, 0.6) is 5.75 Å². The molecule has 150 valence electrons. The molecule has 2 aromatic carbocycles. The third-order valence-corrected chi connectivity index (χ3v) is 5.19. The minimum atomic E-state index is -0.274. The summed E-state index contributed by atoms with van der Waals surface area (Å²) in [6.45, 7) is 5.72. The van der Waals surface area contributed by atoms with Crippen LogP contribution in [0.25, 0.3) is 0 Å². The van der Waals surface area contributed by atoms with Crippen LogP contribution < -0.4 is 10.1 Å². The van der Waals surface area contributed by atoms with E-state index < -0.39 is 0 Å². The van der Waals surface area contributed by atoms with Crippen molar-refractivity contribution in [2.75, 3.05) is 19.6 Å². The lowest BCUT2D eigenvalue weighted by Crippen LogP contribution is -2.44. The lowest BCUT2D eigenvalue weighted by molar-refractivity contribution is 0.0906. The van der Waals surface area contributed by atoms with Crippen molar-refractivity contribution in [3.63, 3.8) is 0 Å². The Balaban J connectivity index is 1.55. The fourth-order valence-corrected chi connectivity index (χ4v) is 3.47. The van der Waals surface area contributed by atoms with E-state index in [1.165, 1.54) is 25.0 Å². The number of hydrogen-bond donors (Lipinski definition) is 1. The van der Waals surface area contributed by atoms with E-state index in [0.29, 0.717) is 17.9 Å². The van der Waals surface area contributed by atoms with E-state index in [0.717, 1.165) is 38.0 Å². The van der Waals surface area contributed by atoms with Crippen molar-refractivity contribution in [2.24, 2.45) is 0 Å². The first-order valence-electron chi connectivity index (χ1n) is 10.1. The molecule has 1 fully saturated rings. The Morgan fingerprint density at radius 3 is 2.57 bits per heavy atom. The van der Waals surface area contributed by atoms with Crippen LogP contribution in [0.3, 0.4) is 0 Å². The number of unbranched alkanes of at least 4 members (excludes halogenated alkanes) is 1. The number of ether oxygens (including phenoxy) is 1. The second-order valence-corrected chi connectivity index (χ2v) is 7.35. The van der Waals surface area contributed by atoms with E-state index in [-0.39, 0.29) is 17.8 Å². The van der Waals surface area contributed by atoms with Gasteiger partial charge in [0, 0.05) is 19.1 Å². The smallest absolute Gasteiger partial charge is 0.255 e. The number of halogens is 1. The van der Waals surface area contributed by atoms with Crippen molar-refractivity contribution in [2.45, 2.75) is 45.3 Å². The number of hydrogen-bond acceptors (Lipinski definition) is 3. The van der Waals surface area contributed by atoms with Gasteiger partial charge in [0.05, 0.1) is 5.56 Å². The van der Waals surface area contributed by atoms with Crippen LogP contribution in [-0.2, 0) is 6.61 Å². The summed E-state index contributed by atoms with van der Waals surface area (Å²) in [5.41, 5.74) is 1.40. The Hall–Kier alpha value is -2.40. The van der Waals surface area contributed by atoms with Crippen molar-refractivity contribution in [3.05, 3.63) is 65.5 Å². The van der Waals surface area contributed by atoms with Gasteiger partial charge in [-0.25, -0.2) is 4.39 Å². The number of carbonyl (C=O) groups excluding carboxylic acids is 1. The summed E-state index contributed by atoms with van der Waals surface area (Å²) in [4.78, 5) is 15.3. The molecule has 0 unspecified atom stereocenters. The Morgan fingerprint density at radius 2 is 1.86 bits per heavy atom. The van der Waals surface area contributed by atoms with Gasteiger partial charge in [-0.15, -0.1) is 0 Å². The standard InChI is InChI=1S/C23H29FN2O2/c1-2-3-14-26-15-12-20(13-16-26)25-23(27)21-6-4-5-7-22(21)28-17-18-8-10-19(24)11-9-18/h4-11,20H,2-3,12-17H2,1H3,(H,25,27). The minimum Gasteiger partial charge on any atom is -0.488 e. The fourth-order valence-electron chi connectivity index (χ4n) is 3.47. The SMILES string of the molecule is CCCCN1CCC(NC(=O)c2ccccc2OCc2ccc(F)cc2)CC1. The van der Waals surface area contributed by atoms with Gasteiger partial charge in [0.2, 0.25) is 0 Å². The zero-order valence-electron chi connectivity index (χ0n) is 16.5. The lowest BCUT2D eigenvalue weighted by Gasteiger charge is -2.32.